The highest BCUT2D eigenvalue weighted by molar-refractivity contribution is 7.47. The van der Waals surface area contributed by atoms with Crippen LogP contribution in [0.1, 0.15) is 361 Å². The van der Waals surface area contributed by atoms with Gasteiger partial charge < -0.3 is 18.9 Å². The van der Waals surface area contributed by atoms with Crippen molar-refractivity contribution in [1.29, 1.82) is 0 Å². The van der Waals surface area contributed by atoms with Crippen molar-refractivity contribution in [3.63, 3.8) is 0 Å². The fourth-order valence-electron chi connectivity index (χ4n) is 11.2. The Morgan fingerprint density at radius 2 is 0.620 bits per heavy atom. The van der Waals surface area contributed by atoms with Gasteiger partial charge in [-0.25, -0.2) is 4.57 Å². The van der Waals surface area contributed by atoms with E-state index in [2.05, 4.69) is 111 Å². The van der Waals surface area contributed by atoms with Gasteiger partial charge in [0.2, 0.25) is 0 Å². The summed E-state index contributed by atoms with van der Waals surface area (Å²) >= 11 is 0. The Balaban J connectivity index is 3.96. The van der Waals surface area contributed by atoms with Crippen molar-refractivity contribution in [1.82, 2.24) is 0 Å². The van der Waals surface area contributed by atoms with Gasteiger partial charge in [0.25, 0.3) is 0 Å². The summed E-state index contributed by atoms with van der Waals surface area (Å²) in [6.07, 6.45) is 101. The Morgan fingerprint density at radius 1 is 0.348 bits per heavy atom. The molecule has 0 fully saturated rings. The minimum Gasteiger partial charge on any atom is -0.462 e. The van der Waals surface area contributed by atoms with Crippen molar-refractivity contribution in [3.8, 4) is 0 Å². The van der Waals surface area contributed by atoms with Gasteiger partial charge in [-0.2, -0.15) is 0 Å². The normalized spacial score (nSPS) is 13.6. The summed E-state index contributed by atoms with van der Waals surface area (Å²) in [6.45, 7) is 4.34. The van der Waals surface area contributed by atoms with Crippen molar-refractivity contribution >= 4 is 19.8 Å². The summed E-state index contributed by atoms with van der Waals surface area (Å²) < 4.78 is 34.8. The van der Waals surface area contributed by atoms with Gasteiger partial charge in [-0.05, 0) is 96.3 Å². The number of rotatable bonds is 72. The molecule has 0 radical (unpaired) electrons. The number of hydrogen-bond donors (Lipinski definition) is 1. The molecule has 2 atom stereocenters. The first-order valence-corrected chi connectivity index (χ1v) is 40.5. The Bertz CT molecular complexity index is 1880. The van der Waals surface area contributed by atoms with Crippen molar-refractivity contribution in [2.75, 3.05) is 47.5 Å². The second kappa shape index (κ2) is 72.2. The van der Waals surface area contributed by atoms with Gasteiger partial charge in [-0.15, -0.1) is 0 Å². The predicted molar refractivity (Wildman–Crippen MR) is 399 cm³/mol. The molecule has 0 rings (SSSR count). The molecule has 0 aliphatic heterocycles. The van der Waals surface area contributed by atoms with E-state index in [1.165, 1.54) is 238 Å². The van der Waals surface area contributed by atoms with E-state index in [0.717, 1.165) is 89.9 Å². The summed E-state index contributed by atoms with van der Waals surface area (Å²) in [5.74, 6) is -0.801. The third kappa shape index (κ3) is 76.0. The Labute approximate surface area is 570 Å². The zero-order valence-electron chi connectivity index (χ0n) is 61.0. The molecule has 0 aromatic heterocycles. The summed E-state index contributed by atoms with van der Waals surface area (Å²) in [6, 6.07) is 0. The second-order valence-electron chi connectivity index (χ2n) is 27.4. The molecule has 0 aliphatic carbocycles. The van der Waals surface area contributed by atoms with Gasteiger partial charge in [0.1, 0.15) is 19.8 Å². The van der Waals surface area contributed by atoms with Gasteiger partial charge in [0.15, 0.2) is 6.10 Å². The van der Waals surface area contributed by atoms with Gasteiger partial charge in [0.05, 0.1) is 27.7 Å². The first-order chi connectivity index (χ1) is 45.0. The van der Waals surface area contributed by atoms with Gasteiger partial charge >= 0.3 is 19.8 Å². The monoisotopic (exact) mass is 1310 g/mol. The number of unbranched alkanes of at least 4 members (excludes halogenated alkanes) is 42. The lowest BCUT2D eigenvalue weighted by atomic mass is 10.0. The van der Waals surface area contributed by atoms with E-state index in [-0.39, 0.29) is 32.0 Å². The van der Waals surface area contributed by atoms with Gasteiger partial charge in [-0.3, -0.25) is 18.6 Å². The van der Waals surface area contributed by atoms with Crippen molar-refractivity contribution in [2.45, 2.75) is 367 Å². The van der Waals surface area contributed by atoms with E-state index in [0.29, 0.717) is 17.4 Å². The predicted octanol–water partition coefficient (Wildman–Crippen LogP) is 25.8. The first kappa shape index (κ1) is 88.9. The fourth-order valence-corrected chi connectivity index (χ4v) is 11.9. The van der Waals surface area contributed by atoms with Gasteiger partial charge in [-0.1, -0.05) is 349 Å². The number of likely N-dealkylation sites (N-methyl/N-ethyl adjacent to an activating group) is 1. The van der Waals surface area contributed by atoms with Crippen LogP contribution in [0.25, 0.3) is 0 Å². The number of nitrogens with zero attached hydrogens (tertiary/aromatic N) is 1. The third-order valence-electron chi connectivity index (χ3n) is 17.1. The molecule has 92 heavy (non-hydrogen) atoms. The van der Waals surface area contributed by atoms with E-state index < -0.39 is 26.5 Å². The number of phosphoric ester groups is 1. The number of esters is 2. The number of carbonyl (C=O) groups is 2. The highest BCUT2D eigenvalue weighted by Gasteiger charge is 2.27. The summed E-state index contributed by atoms with van der Waals surface area (Å²) in [7, 11) is 1.47. The molecular weight excluding hydrogens is 1160 g/mol. The third-order valence-corrected chi connectivity index (χ3v) is 18.1. The Kier molecular flexibility index (Phi) is 69.8. The molecule has 0 aliphatic rings. The summed E-state index contributed by atoms with van der Waals surface area (Å²) in [5.41, 5.74) is 0. The molecular formula is C82H149NO8P+. The SMILES string of the molecule is CC/C=C\C/C=C\C/C=C\C/C=C\C/C=C\C/C=C\C/C=C\CCCCCCCCCC(=O)OC(COC(=O)CCCCCCCCCCCCCCCCCCCCCCCCCCCCC/C=C\CCCCCCCCCC)COP(=O)(O)OCC[N+](C)(C)C. The van der Waals surface area contributed by atoms with Crippen LogP contribution in [-0.2, 0) is 32.7 Å². The molecule has 10 heteroatoms. The maximum Gasteiger partial charge on any atom is 0.472 e. The minimum atomic E-state index is -4.40. The van der Waals surface area contributed by atoms with Crippen LogP contribution >= 0.6 is 7.82 Å². The number of quaternary nitrogens is 1. The molecule has 0 aromatic carbocycles. The van der Waals surface area contributed by atoms with Crippen LogP contribution in [0.3, 0.4) is 0 Å². The summed E-state index contributed by atoms with van der Waals surface area (Å²) in [5, 5.41) is 0. The zero-order valence-corrected chi connectivity index (χ0v) is 61.9. The number of carbonyl (C=O) groups excluding carboxylic acids is 2. The highest BCUT2D eigenvalue weighted by atomic mass is 31.2. The molecule has 0 heterocycles. The maximum atomic E-state index is 12.9. The zero-order chi connectivity index (χ0) is 66.9. The van der Waals surface area contributed by atoms with Crippen molar-refractivity contribution < 1.29 is 42.1 Å². The lowest BCUT2D eigenvalue weighted by Gasteiger charge is -2.24. The van der Waals surface area contributed by atoms with Crippen LogP contribution in [0.15, 0.2) is 97.2 Å². The average Bonchev–Trinajstić information content (AvgIpc) is 2.14. The van der Waals surface area contributed by atoms with Crippen LogP contribution in [0, 0.1) is 0 Å². The minimum absolute atomic E-state index is 0.0264. The van der Waals surface area contributed by atoms with Crippen LogP contribution < -0.4 is 0 Å². The molecule has 0 aromatic rings. The van der Waals surface area contributed by atoms with E-state index in [9.17, 15) is 19.0 Å². The molecule has 2 unspecified atom stereocenters. The average molecular weight is 1310 g/mol. The highest BCUT2D eigenvalue weighted by Crippen LogP contribution is 2.43. The van der Waals surface area contributed by atoms with Crippen LogP contribution in [0.2, 0.25) is 0 Å². The molecule has 0 spiro atoms. The largest absolute Gasteiger partial charge is 0.472 e. The molecule has 534 valence electrons. The van der Waals surface area contributed by atoms with E-state index in [1.54, 1.807) is 0 Å². The second-order valence-corrected chi connectivity index (χ2v) is 28.8. The molecule has 1 N–H and O–H groups in total. The molecule has 9 nitrogen and oxygen atoms in total. The van der Waals surface area contributed by atoms with E-state index in [1.807, 2.05) is 21.1 Å². The lowest BCUT2D eigenvalue weighted by Crippen LogP contribution is -2.37. The molecule has 0 amide bonds. The van der Waals surface area contributed by atoms with Crippen LogP contribution in [0.5, 0.6) is 0 Å². The Morgan fingerprint density at radius 3 is 0.935 bits per heavy atom. The van der Waals surface area contributed by atoms with Crippen LogP contribution in [-0.4, -0.2) is 74.9 Å². The fraction of sp³-hybridized carbons (Fsp3) is 0.780. The number of ether oxygens (including phenoxy) is 2. The van der Waals surface area contributed by atoms with Crippen molar-refractivity contribution in [2.24, 2.45) is 0 Å². The smallest absolute Gasteiger partial charge is 0.462 e. The first-order valence-electron chi connectivity index (χ1n) is 39.0. The Hall–Kier alpha value is -3.07. The van der Waals surface area contributed by atoms with E-state index >= 15 is 0 Å². The molecule has 0 bridgehead atoms. The standard InChI is InChI=1S/C82H148NO8P/c1-6-8-10-12-14-16-18-20-22-24-26-28-30-32-34-36-37-38-39-40-41-42-43-44-45-47-48-50-52-54-56-58-60-62-64-66-68-70-72-74-81(84)88-78-80(79-90-92(86,87)89-77-76-83(3,4)5)91-82(85)75-73-71-69-67-65-63-61-59-57-55-53-51-49-46-35-33-31-29-27-25-23-21-19-17-15-13-11-9-7-2/h9,11,15,17,21,23-24,26-27,29,33,35,49,51,55,57,80H,6-8,10,12-14,16,18-20,22,25,28,30-32,34,36-48,50,52-54,56,58-79H2,1-5H3/p+1/b11-9-,17-15-,23-21-,26-24-,29-27-,35-33-,51-49-,57-55-. The molecule has 0 saturated carbocycles. The maximum absolute atomic E-state index is 12.9. The summed E-state index contributed by atoms with van der Waals surface area (Å²) in [4.78, 5) is 35.9. The number of phosphoric acid groups is 1. The van der Waals surface area contributed by atoms with Crippen LogP contribution in [0.4, 0.5) is 0 Å². The number of allylic oxidation sites excluding steroid dienone is 16. The van der Waals surface area contributed by atoms with Gasteiger partial charge in [0, 0.05) is 12.8 Å². The van der Waals surface area contributed by atoms with Crippen molar-refractivity contribution in [3.05, 3.63) is 97.2 Å². The number of hydrogen-bond acceptors (Lipinski definition) is 7. The lowest BCUT2D eigenvalue weighted by molar-refractivity contribution is -0.870. The quantitative estimate of drug-likeness (QED) is 0.0211. The topological polar surface area (TPSA) is 108 Å². The van der Waals surface area contributed by atoms with E-state index in [4.69, 9.17) is 18.5 Å². The molecule has 0 saturated heterocycles.